The van der Waals surface area contributed by atoms with Gasteiger partial charge >= 0.3 is 0 Å². The fraction of sp³-hybridized carbons (Fsp3) is 0.294. The van der Waals surface area contributed by atoms with Crippen LogP contribution >= 0.6 is 0 Å². The molecule has 0 fully saturated rings. The zero-order valence-electron chi connectivity index (χ0n) is 12.9. The summed E-state index contributed by atoms with van der Waals surface area (Å²) in [5.41, 5.74) is 4.34. The van der Waals surface area contributed by atoms with Crippen molar-refractivity contribution in [3.8, 4) is 0 Å². The third-order valence-corrected chi connectivity index (χ3v) is 5.23. The number of aryl methyl sites for hydroxylation is 3. The van der Waals surface area contributed by atoms with E-state index in [1.807, 2.05) is 45.0 Å². The van der Waals surface area contributed by atoms with Crippen LogP contribution in [0.2, 0.25) is 0 Å². The summed E-state index contributed by atoms with van der Waals surface area (Å²) in [6.07, 6.45) is 0. The molecule has 0 radical (unpaired) electrons. The molecule has 0 saturated heterocycles. The lowest BCUT2D eigenvalue weighted by molar-refractivity contribution is 0.466. The minimum Gasteiger partial charge on any atom is -0.207 e. The van der Waals surface area contributed by atoms with Crippen LogP contribution in [0, 0.1) is 20.8 Å². The van der Waals surface area contributed by atoms with Gasteiger partial charge in [0.25, 0.3) is 0 Å². The van der Waals surface area contributed by atoms with Crippen molar-refractivity contribution < 1.29 is 8.42 Å². The monoisotopic (exact) mass is 303 g/mol. The summed E-state index contributed by atoms with van der Waals surface area (Å²) < 4.78 is 26.5. The van der Waals surface area contributed by atoms with Gasteiger partial charge in [0.1, 0.15) is 0 Å². The van der Waals surface area contributed by atoms with Gasteiger partial charge < -0.3 is 0 Å². The summed E-state index contributed by atoms with van der Waals surface area (Å²) >= 11 is 0. The Kier molecular flexibility index (Phi) is 4.49. The standard InChI is InChI=1S/C17H21NO2S/c1-13-5-7-17(8-6-13)21(19,20)18(4)12-16-10-14(2)9-15(3)11-16/h5-11H,12H2,1-4H3. The molecule has 0 saturated carbocycles. The van der Waals surface area contributed by atoms with Gasteiger partial charge in [0.05, 0.1) is 4.90 Å². The summed E-state index contributed by atoms with van der Waals surface area (Å²) in [6, 6.07) is 13.1. The minimum atomic E-state index is -3.45. The fourth-order valence-electron chi connectivity index (χ4n) is 2.39. The van der Waals surface area contributed by atoms with E-state index in [0.29, 0.717) is 11.4 Å². The number of hydrogen-bond donors (Lipinski definition) is 0. The maximum absolute atomic E-state index is 12.5. The second-order valence-corrected chi connectivity index (χ2v) is 7.61. The van der Waals surface area contributed by atoms with Crippen molar-refractivity contribution in [2.75, 3.05) is 7.05 Å². The molecule has 0 unspecified atom stereocenters. The molecule has 0 heterocycles. The van der Waals surface area contributed by atoms with Crippen molar-refractivity contribution >= 4 is 10.0 Å². The maximum Gasteiger partial charge on any atom is 0.243 e. The highest BCUT2D eigenvalue weighted by molar-refractivity contribution is 7.89. The smallest absolute Gasteiger partial charge is 0.207 e. The third-order valence-electron chi connectivity index (χ3n) is 3.42. The molecule has 0 bridgehead atoms. The lowest BCUT2D eigenvalue weighted by atomic mass is 10.1. The van der Waals surface area contributed by atoms with Crippen LogP contribution < -0.4 is 0 Å². The molecule has 21 heavy (non-hydrogen) atoms. The molecular weight excluding hydrogens is 282 g/mol. The predicted octanol–water partition coefficient (Wildman–Crippen LogP) is 3.43. The quantitative estimate of drug-likeness (QED) is 0.867. The molecule has 0 N–H and O–H groups in total. The van der Waals surface area contributed by atoms with Crippen molar-refractivity contribution in [2.45, 2.75) is 32.2 Å². The van der Waals surface area contributed by atoms with Crippen LogP contribution in [0.25, 0.3) is 0 Å². The molecule has 2 aromatic carbocycles. The molecule has 3 nitrogen and oxygen atoms in total. The van der Waals surface area contributed by atoms with E-state index in [2.05, 4.69) is 6.07 Å². The highest BCUT2D eigenvalue weighted by Crippen LogP contribution is 2.18. The number of hydrogen-bond acceptors (Lipinski definition) is 2. The average molecular weight is 303 g/mol. The van der Waals surface area contributed by atoms with E-state index in [9.17, 15) is 8.42 Å². The largest absolute Gasteiger partial charge is 0.243 e. The molecule has 0 aromatic heterocycles. The highest BCUT2D eigenvalue weighted by atomic mass is 32.2. The van der Waals surface area contributed by atoms with Gasteiger partial charge in [0.2, 0.25) is 10.0 Å². The van der Waals surface area contributed by atoms with E-state index in [4.69, 9.17) is 0 Å². The van der Waals surface area contributed by atoms with E-state index >= 15 is 0 Å². The molecule has 4 heteroatoms. The molecule has 2 aromatic rings. The molecule has 0 spiro atoms. The first-order valence-corrected chi connectivity index (χ1v) is 8.33. The van der Waals surface area contributed by atoms with Crippen molar-refractivity contribution in [2.24, 2.45) is 0 Å². The normalized spacial score (nSPS) is 11.9. The number of benzene rings is 2. The molecule has 0 aliphatic rings. The lowest BCUT2D eigenvalue weighted by Crippen LogP contribution is -2.26. The molecule has 2 rings (SSSR count). The lowest BCUT2D eigenvalue weighted by Gasteiger charge is -2.18. The van der Waals surface area contributed by atoms with Gasteiger partial charge in [0.15, 0.2) is 0 Å². The Balaban J connectivity index is 2.26. The SMILES string of the molecule is Cc1ccc(S(=O)(=O)N(C)Cc2cc(C)cc(C)c2)cc1. The fourth-order valence-corrected chi connectivity index (χ4v) is 3.55. The summed E-state index contributed by atoms with van der Waals surface area (Å²) in [5.74, 6) is 0. The Morgan fingerprint density at radius 2 is 1.38 bits per heavy atom. The second-order valence-electron chi connectivity index (χ2n) is 5.57. The van der Waals surface area contributed by atoms with E-state index in [-0.39, 0.29) is 0 Å². The van der Waals surface area contributed by atoms with Gasteiger partial charge in [-0.25, -0.2) is 8.42 Å². The number of nitrogens with zero attached hydrogens (tertiary/aromatic N) is 1. The van der Waals surface area contributed by atoms with Crippen LogP contribution in [0.15, 0.2) is 47.4 Å². The van der Waals surface area contributed by atoms with Crippen LogP contribution in [-0.2, 0) is 16.6 Å². The Hall–Kier alpha value is -1.65. The van der Waals surface area contributed by atoms with Crippen LogP contribution in [-0.4, -0.2) is 19.8 Å². The third kappa shape index (κ3) is 3.71. The predicted molar refractivity (Wildman–Crippen MR) is 85.7 cm³/mol. The molecule has 0 aliphatic heterocycles. The Labute approximate surface area is 127 Å². The minimum absolute atomic E-state index is 0.333. The Morgan fingerprint density at radius 3 is 1.90 bits per heavy atom. The second kappa shape index (κ2) is 6.00. The van der Waals surface area contributed by atoms with Gasteiger partial charge in [0, 0.05) is 13.6 Å². The van der Waals surface area contributed by atoms with Crippen LogP contribution in [0.3, 0.4) is 0 Å². The zero-order valence-corrected chi connectivity index (χ0v) is 13.7. The first kappa shape index (κ1) is 15.7. The van der Waals surface area contributed by atoms with E-state index < -0.39 is 10.0 Å². The van der Waals surface area contributed by atoms with Crippen molar-refractivity contribution in [3.63, 3.8) is 0 Å². The van der Waals surface area contributed by atoms with Crippen LogP contribution in [0.1, 0.15) is 22.3 Å². The average Bonchev–Trinajstić information content (AvgIpc) is 2.37. The first-order chi connectivity index (χ1) is 9.79. The summed E-state index contributed by atoms with van der Waals surface area (Å²) in [6.45, 7) is 6.35. The van der Waals surface area contributed by atoms with Crippen molar-refractivity contribution in [1.82, 2.24) is 4.31 Å². The molecule has 0 amide bonds. The molecule has 0 aliphatic carbocycles. The van der Waals surface area contributed by atoms with Crippen molar-refractivity contribution in [1.29, 1.82) is 0 Å². The van der Waals surface area contributed by atoms with Gasteiger partial charge in [-0.1, -0.05) is 47.0 Å². The Bertz CT molecular complexity index is 714. The van der Waals surface area contributed by atoms with Crippen LogP contribution in [0.5, 0.6) is 0 Å². The van der Waals surface area contributed by atoms with Gasteiger partial charge in [-0.2, -0.15) is 4.31 Å². The van der Waals surface area contributed by atoms with Crippen molar-refractivity contribution in [3.05, 3.63) is 64.7 Å². The summed E-state index contributed by atoms with van der Waals surface area (Å²) in [4.78, 5) is 0.333. The van der Waals surface area contributed by atoms with E-state index in [1.54, 1.807) is 19.2 Å². The number of rotatable bonds is 4. The van der Waals surface area contributed by atoms with E-state index in [0.717, 1.165) is 22.3 Å². The first-order valence-electron chi connectivity index (χ1n) is 6.89. The molecule has 0 atom stereocenters. The van der Waals surface area contributed by atoms with Gasteiger partial charge in [-0.05, 0) is 38.5 Å². The summed E-state index contributed by atoms with van der Waals surface area (Å²) in [7, 11) is -1.83. The van der Waals surface area contributed by atoms with Gasteiger partial charge in [-0.3, -0.25) is 0 Å². The van der Waals surface area contributed by atoms with E-state index in [1.165, 1.54) is 4.31 Å². The van der Waals surface area contributed by atoms with Crippen LogP contribution in [0.4, 0.5) is 0 Å². The zero-order chi connectivity index (χ0) is 15.6. The topological polar surface area (TPSA) is 37.4 Å². The summed E-state index contributed by atoms with van der Waals surface area (Å²) in [5, 5.41) is 0. The highest BCUT2D eigenvalue weighted by Gasteiger charge is 2.20. The molecule has 112 valence electrons. The Morgan fingerprint density at radius 1 is 0.857 bits per heavy atom. The number of sulfonamides is 1. The van der Waals surface area contributed by atoms with Gasteiger partial charge in [-0.15, -0.1) is 0 Å². The molecular formula is C17H21NO2S. The maximum atomic E-state index is 12.5.